The van der Waals surface area contributed by atoms with Gasteiger partial charge in [0.1, 0.15) is 37.9 Å². The van der Waals surface area contributed by atoms with Crippen molar-refractivity contribution in [1.29, 1.82) is 10.5 Å². The van der Waals surface area contributed by atoms with Crippen molar-refractivity contribution in [3.63, 3.8) is 0 Å². The molecule has 0 amide bonds. The first-order valence-electron chi connectivity index (χ1n) is 27.7. The molecule has 0 spiro atoms. The van der Waals surface area contributed by atoms with Crippen molar-refractivity contribution in [3.8, 4) is 63.7 Å². The lowest BCUT2D eigenvalue weighted by Gasteiger charge is -2.31. The number of β-amino-alcohol motifs (C(OH)–C–C–N with tert-alkyl or cyclic N) is 1. The summed E-state index contributed by atoms with van der Waals surface area (Å²) in [5.74, 6) is -3.41. The molecule has 0 unspecified atom stereocenters. The Morgan fingerprint density at radius 1 is 0.616 bits per heavy atom. The minimum atomic E-state index is -3.78. The number of piperidine rings is 2. The average Bonchev–Trinajstić information content (AvgIpc) is 1.57. The molecule has 2 aliphatic heterocycles. The van der Waals surface area contributed by atoms with Gasteiger partial charge in [0.25, 0.3) is 11.8 Å². The fourth-order valence-electron chi connectivity index (χ4n) is 9.09. The molecule has 2 fully saturated rings. The van der Waals surface area contributed by atoms with E-state index in [1.807, 2.05) is 9.80 Å². The molecule has 0 atom stereocenters. The lowest BCUT2D eigenvalue weighted by Crippen LogP contribution is -2.41. The van der Waals surface area contributed by atoms with Gasteiger partial charge in [-0.05, 0) is 24.2 Å². The number of halogens is 6. The van der Waals surface area contributed by atoms with Gasteiger partial charge in [-0.15, -0.1) is 0 Å². The summed E-state index contributed by atoms with van der Waals surface area (Å²) in [4.78, 5) is 21.7. The molecule has 29 heteroatoms. The summed E-state index contributed by atoms with van der Waals surface area (Å²) in [5.41, 5.74) is 2.83. The highest BCUT2D eigenvalue weighted by Gasteiger charge is 2.35. The molecule has 0 saturated carbocycles. The lowest BCUT2D eigenvalue weighted by atomic mass is 10.1. The fraction of sp³-hybridized carbons (Fsp3) is 0.544. The fourth-order valence-corrected chi connectivity index (χ4v) is 11.6. The number of hydrogen-bond acceptors (Lipinski definition) is 18. The van der Waals surface area contributed by atoms with Crippen molar-refractivity contribution in [2.24, 2.45) is 0 Å². The summed E-state index contributed by atoms with van der Waals surface area (Å²) in [6.07, 6.45) is 3.83. The van der Waals surface area contributed by atoms with Crippen LogP contribution in [0.15, 0.2) is 41.8 Å². The van der Waals surface area contributed by atoms with Crippen LogP contribution in [0.25, 0.3) is 44.6 Å². The zero-order valence-corrected chi connectivity index (χ0v) is 54.8. The number of aliphatic hydroxyl groups excluding tert-OH is 1. The second-order valence-corrected chi connectivity index (χ2v) is 37.1. The summed E-state index contributed by atoms with van der Waals surface area (Å²) in [6, 6.07) is 12.9. The van der Waals surface area contributed by atoms with Gasteiger partial charge in [0.15, 0.2) is 28.6 Å². The van der Waals surface area contributed by atoms with E-state index in [9.17, 15) is 36.5 Å². The van der Waals surface area contributed by atoms with E-state index >= 15 is 0 Å². The zero-order valence-electron chi connectivity index (χ0n) is 50.5. The number of methoxy groups -OCH3 is 4. The highest BCUT2D eigenvalue weighted by atomic mass is 35.5. The number of sulfone groups is 1. The van der Waals surface area contributed by atoms with Gasteiger partial charge in [0, 0.05) is 136 Å². The summed E-state index contributed by atoms with van der Waals surface area (Å²) in [5, 5.41) is 29.5. The molecule has 0 aliphatic carbocycles. The molecule has 1 N–H and O–H groups in total. The van der Waals surface area contributed by atoms with Crippen LogP contribution in [-0.2, 0) is 32.8 Å². The van der Waals surface area contributed by atoms with E-state index in [4.69, 9.17) is 61.5 Å². The predicted octanol–water partition coefficient (Wildman–Crippen LogP) is 11.1. The van der Waals surface area contributed by atoms with Crippen LogP contribution in [0.5, 0.6) is 29.0 Å². The molecule has 470 valence electrons. The molecule has 20 nitrogen and oxygen atoms in total. The Labute approximate surface area is 511 Å². The molecule has 0 radical (unpaired) electrons. The molecule has 6 heterocycles. The van der Waals surface area contributed by atoms with Crippen LogP contribution in [0.2, 0.25) is 61.4 Å². The number of nitrogens with zero attached hydrogens (tertiary/aromatic N) is 10. The molecule has 2 aliphatic rings. The van der Waals surface area contributed by atoms with Crippen molar-refractivity contribution in [1.82, 2.24) is 38.9 Å². The van der Waals surface area contributed by atoms with Crippen LogP contribution in [0.1, 0.15) is 36.8 Å². The predicted molar refractivity (Wildman–Crippen MR) is 327 cm³/mol. The van der Waals surface area contributed by atoms with Gasteiger partial charge < -0.3 is 52.3 Å². The molecule has 2 saturated heterocycles. The number of aliphatic hydroxyl groups is 1. The minimum Gasteiger partial charge on any atom is -0.493 e. The Hall–Kier alpha value is -5.86. The van der Waals surface area contributed by atoms with Gasteiger partial charge in [-0.2, -0.15) is 25.5 Å². The van der Waals surface area contributed by atoms with Crippen LogP contribution in [-0.4, -0.2) is 181 Å². The Bertz CT molecular complexity index is 3500. The standard InChI is InChI=1S/C28H36ClF2N5O4Si.C22H27ClN4O5SSi.C7H13F2NO/c1-37-22-14-20(21(29)15-23(22)38-2)25-24-19(16-32)17-36(18-39-12-13-41(3,4)5)26(24)34-27(33-25)40-11-10-35-8-6-28(30,31)7-9-35;1-30-17-9-15(16(23)10-18(17)31-2)20-19-14(11-24)12-27(13-32-7-8-34(4,5)6)21(19)26-22(25-20)33(3,28)29;8-7(9)1-3-10(4-2-7)5-6-11/h14-15,17H,6-13,18H2,1-5H3;9-10,12H,7-8,13H2,1-6H3;11H,1-6H2. The monoisotopic (exact) mass is 1290 g/mol. The Morgan fingerprint density at radius 3 is 1.40 bits per heavy atom. The topological polar surface area (TPSA) is 234 Å². The number of nitriles is 2. The second-order valence-electron chi connectivity index (χ2n) is 23.2. The summed E-state index contributed by atoms with van der Waals surface area (Å²) in [6.45, 7) is 17.7. The number of alkyl halides is 4. The van der Waals surface area contributed by atoms with Crippen molar-refractivity contribution >= 4 is 71.3 Å². The number of aromatic nitrogens is 6. The molecule has 0 bridgehead atoms. The van der Waals surface area contributed by atoms with E-state index in [-0.39, 0.29) is 85.5 Å². The summed E-state index contributed by atoms with van der Waals surface area (Å²) >= 11 is 13.2. The van der Waals surface area contributed by atoms with Gasteiger partial charge in [-0.3, -0.25) is 4.90 Å². The first kappa shape index (κ1) is 69.2. The van der Waals surface area contributed by atoms with Crippen LogP contribution in [0.3, 0.4) is 0 Å². The van der Waals surface area contributed by atoms with E-state index in [2.05, 4.69) is 71.4 Å². The van der Waals surface area contributed by atoms with Crippen molar-refractivity contribution in [3.05, 3.63) is 57.8 Å². The highest BCUT2D eigenvalue weighted by molar-refractivity contribution is 7.90. The number of ether oxygens (including phenoxy) is 7. The molecule has 86 heavy (non-hydrogen) atoms. The van der Waals surface area contributed by atoms with Crippen molar-refractivity contribution < 1.29 is 64.2 Å². The lowest BCUT2D eigenvalue weighted by molar-refractivity contribution is -0.0572. The highest BCUT2D eigenvalue weighted by Crippen LogP contribution is 2.43. The molecule has 2 aromatic carbocycles. The Balaban J connectivity index is 0.000000236. The first-order chi connectivity index (χ1) is 40.5. The SMILES string of the molecule is COc1cc(Cl)c(-c2nc(OCCN3CCC(F)(F)CC3)nc3c2c(C#N)cn3COCC[Si](C)(C)C)cc1OC.COc1cc(Cl)c(-c2nc(S(C)(=O)=O)nc3c2c(C#N)cn3COCC[Si](C)(C)C)cc1OC.OCCN1CCC(F)(F)CC1. The minimum absolute atomic E-state index is 0.0611. The maximum Gasteiger partial charge on any atom is 0.319 e. The summed E-state index contributed by atoms with van der Waals surface area (Å²) in [7, 11) is -0.365. The average molecular weight is 1300 g/mol. The molecular weight excluding hydrogens is 1220 g/mol. The largest absolute Gasteiger partial charge is 0.493 e. The quantitative estimate of drug-likeness (QED) is 0.0272. The maximum absolute atomic E-state index is 13.6. The van der Waals surface area contributed by atoms with Gasteiger partial charge in [0.2, 0.25) is 15.0 Å². The number of benzene rings is 2. The third kappa shape index (κ3) is 18.8. The second kappa shape index (κ2) is 29.9. The Kier molecular flexibility index (Phi) is 24.1. The number of fused-ring (bicyclic) bond motifs is 2. The maximum atomic E-state index is 13.6. The van der Waals surface area contributed by atoms with E-state index < -0.39 is 37.8 Å². The molecular formula is C57H76Cl2F4N10O10SSi2. The summed E-state index contributed by atoms with van der Waals surface area (Å²) < 4.78 is 120. The van der Waals surface area contributed by atoms with Gasteiger partial charge in [-0.25, -0.2) is 31.0 Å². The van der Waals surface area contributed by atoms with Crippen LogP contribution < -0.4 is 23.7 Å². The normalized spacial score (nSPS) is 15.4. The number of rotatable bonds is 23. The zero-order chi connectivity index (χ0) is 63.4. The van der Waals surface area contributed by atoms with Crippen LogP contribution >= 0.6 is 23.2 Å². The number of hydrogen-bond donors (Lipinski definition) is 1. The number of likely N-dealkylation sites (tertiary alicyclic amines) is 2. The van der Waals surface area contributed by atoms with Gasteiger partial charge in [-0.1, -0.05) is 62.5 Å². The molecule has 4 aromatic heterocycles. The molecule has 6 aromatic rings. The Morgan fingerprint density at radius 2 is 1.01 bits per heavy atom. The van der Waals surface area contributed by atoms with Gasteiger partial charge in [0.05, 0.1) is 78.4 Å². The smallest absolute Gasteiger partial charge is 0.319 e. The van der Waals surface area contributed by atoms with E-state index in [1.165, 1.54) is 28.4 Å². The van der Waals surface area contributed by atoms with Crippen LogP contribution in [0, 0.1) is 22.7 Å². The van der Waals surface area contributed by atoms with Crippen molar-refractivity contribution in [2.75, 3.05) is 100 Å². The molecule has 8 rings (SSSR count). The van der Waals surface area contributed by atoms with E-state index in [0.29, 0.717) is 119 Å². The van der Waals surface area contributed by atoms with Crippen molar-refractivity contribution in [2.45, 2.75) is 108 Å². The third-order valence-electron chi connectivity index (χ3n) is 14.1. The van der Waals surface area contributed by atoms with Gasteiger partial charge >= 0.3 is 6.01 Å². The third-order valence-corrected chi connectivity index (χ3v) is 19.0. The van der Waals surface area contributed by atoms with E-state index in [1.54, 1.807) is 45.8 Å². The van der Waals surface area contributed by atoms with Crippen LogP contribution in [0.4, 0.5) is 17.6 Å². The first-order valence-corrected chi connectivity index (χ1v) is 37.8. The van der Waals surface area contributed by atoms with E-state index in [0.717, 1.165) is 18.3 Å².